The predicted octanol–water partition coefficient (Wildman–Crippen LogP) is 3.81. The first kappa shape index (κ1) is 15.6. The van der Waals surface area contributed by atoms with Crippen molar-refractivity contribution in [2.24, 2.45) is 0 Å². The zero-order chi connectivity index (χ0) is 16.5. The molecular weight excluding hydrogens is 322 g/mol. The van der Waals surface area contributed by atoms with E-state index >= 15 is 0 Å². The van der Waals surface area contributed by atoms with Crippen molar-refractivity contribution in [3.05, 3.63) is 41.1 Å². The fourth-order valence-electron chi connectivity index (χ4n) is 3.45. The third-order valence-electron chi connectivity index (χ3n) is 4.68. The second-order valence-corrected chi connectivity index (χ2v) is 7.54. The van der Waals surface area contributed by atoms with Gasteiger partial charge in [0.05, 0.1) is 17.1 Å². The van der Waals surface area contributed by atoms with Crippen LogP contribution in [0.2, 0.25) is 0 Å². The maximum absolute atomic E-state index is 11.9. The number of aromatic amines is 1. The van der Waals surface area contributed by atoms with Crippen molar-refractivity contribution in [3.8, 4) is 5.75 Å². The number of benzene rings is 1. The third kappa shape index (κ3) is 3.02. The summed E-state index contributed by atoms with van der Waals surface area (Å²) in [7, 11) is 0. The van der Waals surface area contributed by atoms with Crippen molar-refractivity contribution in [3.63, 3.8) is 0 Å². The maximum Gasteiger partial charge on any atom is 0.235 e. The number of fused-ring (bicyclic) bond motifs is 1. The Morgan fingerprint density at radius 2 is 1.96 bits per heavy atom. The van der Waals surface area contributed by atoms with E-state index in [0.29, 0.717) is 17.7 Å². The lowest BCUT2D eigenvalue weighted by atomic mass is 10.0. The molecule has 1 fully saturated rings. The van der Waals surface area contributed by atoms with Crippen molar-refractivity contribution in [1.82, 2.24) is 10.2 Å². The second-order valence-electron chi connectivity index (χ2n) is 6.44. The van der Waals surface area contributed by atoms with Gasteiger partial charge in [0, 0.05) is 11.3 Å². The summed E-state index contributed by atoms with van der Waals surface area (Å²) in [5, 5.41) is 10.2. The molecule has 2 heterocycles. The molecule has 1 aliphatic carbocycles. The van der Waals surface area contributed by atoms with Crippen molar-refractivity contribution in [1.29, 1.82) is 0 Å². The zero-order valence-electron chi connectivity index (χ0n) is 13.7. The van der Waals surface area contributed by atoms with Gasteiger partial charge in [0.1, 0.15) is 5.75 Å². The molecule has 1 aromatic heterocycles. The largest absolute Gasteiger partial charge is 0.490 e. The molecule has 1 aromatic carbocycles. The van der Waals surface area contributed by atoms with Crippen LogP contribution >= 0.6 is 11.8 Å². The SMILES string of the molecule is Cc1[nH]nc2c1C(c1ccc(OC3CCCC3)cc1)SCC(=O)N2. The number of hydrogen-bond acceptors (Lipinski definition) is 4. The number of ether oxygens (including phenoxy) is 1. The molecule has 2 aromatic rings. The van der Waals surface area contributed by atoms with Crippen LogP contribution in [0.5, 0.6) is 5.75 Å². The molecule has 5 nitrogen and oxygen atoms in total. The monoisotopic (exact) mass is 343 g/mol. The fourth-order valence-corrected chi connectivity index (χ4v) is 4.64. The quantitative estimate of drug-likeness (QED) is 0.889. The van der Waals surface area contributed by atoms with Gasteiger partial charge in [-0.05, 0) is 50.3 Å². The van der Waals surface area contributed by atoms with Crippen LogP contribution in [0, 0.1) is 6.92 Å². The molecule has 4 rings (SSSR count). The number of carbonyl (C=O) groups is 1. The topological polar surface area (TPSA) is 67.0 Å². The van der Waals surface area contributed by atoms with Crippen LogP contribution in [-0.4, -0.2) is 28.0 Å². The fraction of sp³-hybridized carbons (Fsp3) is 0.444. The summed E-state index contributed by atoms with van der Waals surface area (Å²) in [6.07, 6.45) is 5.22. The van der Waals surface area contributed by atoms with Crippen molar-refractivity contribution in [2.75, 3.05) is 11.1 Å². The van der Waals surface area contributed by atoms with Gasteiger partial charge < -0.3 is 10.1 Å². The van der Waals surface area contributed by atoms with E-state index in [4.69, 9.17) is 4.74 Å². The first-order valence-electron chi connectivity index (χ1n) is 8.43. The number of amides is 1. The van der Waals surface area contributed by atoms with E-state index in [0.717, 1.165) is 29.8 Å². The molecule has 1 atom stereocenters. The smallest absolute Gasteiger partial charge is 0.235 e. The van der Waals surface area contributed by atoms with Crippen molar-refractivity contribution < 1.29 is 9.53 Å². The van der Waals surface area contributed by atoms with E-state index in [-0.39, 0.29) is 11.2 Å². The highest BCUT2D eigenvalue weighted by Gasteiger charge is 2.28. The Bertz CT molecular complexity index is 735. The molecule has 0 radical (unpaired) electrons. The summed E-state index contributed by atoms with van der Waals surface area (Å²) in [6, 6.07) is 8.30. The van der Waals surface area contributed by atoms with E-state index in [9.17, 15) is 4.79 Å². The van der Waals surface area contributed by atoms with Gasteiger partial charge in [-0.2, -0.15) is 5.10 Å². The predicted molar refractivity (Wildman–Crippen MR) is 95.6 cm³/mol. The van der Waals surface area contributed by atoms with E-state index in [1.165, 1.54) is 18.4 Å². The minimum atomic E-state index is -0.00330. The number of aromatic nitrogens is 2. The average Bonchev–Trinajstić information content (AvgIpc) is 3.17. The lowest BCUT2D eigenvalue weighted by Crippen LogP contribution is -2.12. The average molecular weight is 343 g/mol. The summed E-state index contributed by atoms with van der Waals surface area (Å²) in [5.41, 5.74) is 3.23. The highest BCUT2D eigenvalue weighted by molar-refractivity contribution is 8.00. The highest BCUT2D eigenvalue weighted by atomic mass is 32.2. The standard InChI is InChI=1S/C18H21N3O2S/c1-11-16-17(24-10-15(22)19-18(16)21-20-11)12-6-8-14(9-7-12)23-13-4-2-3-5-13/h6-9,13,17H,2-5,10H2,1H3,(H2,19,20,21,22). The normalized spacial score (nSPS) is 21.2. The Labute approximate surface area is 145 Å². The summed E-state index contributed by atoms with van der Waals surface area (Å²) >= 11 is 1.63. The molecule has 1 unspecified atom stereocenters. The molecule has 1 amide bonds. The molecular formula is C18H21N3O2S. The molecule has 126 valence electrons. The van der Waals surface area contributed by atoms with E-state index < -0.39 is 0 Å². The van der Waals surface area contributed by atoms with Gasteiger partial charge in [0.25, 0.3) is 0 Å². The van der Waals surface area contributed by atoms with Crippen LogP contribution < -0.4 is 10.1 Å². The third-order valence-corrected chi connectivity index (χ3v) is 5.95. The number of rotatable bonds is 3. The minimum absolute atomic E-state index is 0.00330. The summed E-state index contributed by atoms with van der Waals surface area (Å²) in [4.78, 5) is 11.9. The number of nitrogens with zero attached hydrogens (tertiary/aromatic N) is 1. The Kier molecular flexibility index (Phi) is 4.22. The molecule has 2 aliphatic rings. The van der Waals surface area contributed by atoms with Gasteiger partial charge in [0.2, 0.25) is 5.91 Å². The van der Waals surface area contributed by atoms with Crippen molar-refractivity contribution in [2.45, 2.75) is 44.0 Å². The van der Waals surface area contributed by atoms with Crippen LogP contribution in [0.3, 0.4) is 0 Å². The molecule has 6 heteroatoms. The van der Waals surface area contributed by atoms with Gasteiger partial charge in [-0.25, -0.2) is 0 Å². The number of aryl methyl sites for hydroxylation is 1. The Morgan fingerprint density at radius 1 is 1.21 bits per heavy atom. The number of anilines is 1. The number of nitrogens with one attached hydrogen (secondary N) is 2. The van der Waals surface area contributed by atoms with Crippen LogP contribution in [0.15, 0.2) is 24.3 Å². The number of carbonyl (C=O) groups excluding carboxylic acids is 1. The molecule has 1 saturated carbocycles. The zero-order valence-corrected chi connectivity index (χ0v) is 14.5. The lowest BCUT2D eigenvalue weighted by Gasteiger charge is -2.17. The minimum Gasteiger partial charge on any atom is -0.490 e. The summed E-state index contributed by atoms with van der Waals surface area (Å²) in [6.45, 7) is 1.99. The summed E-state index contributed by atoms with van der Waals surface area (Å²) < 4.78 is 6.05. The van der Waals surface area contributed by atoms with Gasteiger partial charge in [-0.3, -0.25) is 9.89 Å². The Balaban J connectivity index is 1.58. The first-order valence-corrected chi connectivity index (χ1v) is 9.48. The van der Waals surface area contributed by atoms with E-state index in [1.54, 1.807) is 11.8 Å². The first-order chi connectivity index (χ1) is 11.7. The van der Waals surface area contributed by atoms with Gasteiger partial charge in [0.15, 0.2) is 5.82 Å². The number of H-pyrrole nitrogens is 1. The molecule has 1 aliphatic heterocycles. The van der Waals surface area contributed by atoms with Gasteiger partial charge >= 0.3 is 0 Å². The molecule has 2 N–H and O–H groups in total. The second kappa shape index (κ2) is 6.51. The van der Waals surface area contributed by atoms with Gasteiger partial charge in [-0.1, -0.05) is 12.1 Å². The number of thioether (sulfide) groups is 1. The highest BCUT2D eigenvalue weighted by Crippen LogP contribution is 2.42. The van der Waals surface area contributed by atoms with E-state index in [2.05, 4.69) is 27.6 Å². The van der Waals surface area contributed by atoms with E-state index in [1.807, 2.05) is 19.1 Å². The van der Waals surface area contributed by atoms with Crippen LogP contribution in [-0.2, 0) is 4.79 Å². The van der Waals surface area contributed by atoms with Crippen LogP contribution in [0.1, 0.15) is 47.8 Å². The molecule has 0 saturated heterocycles. The maximum atomic E-state index is 11.9. The molecule has 0 spiro atoms. The Morgan fingerprint density at radius 3 is 2.71 bits per heavy atom. The van der Waals surface area contributed by atoms with Gasteiger partial charge in [-0.15, -0.1) is 11.8 Å². The van der Waals surface area contributed by atoms with Crippen LogP contribution in [0.25, 0.3) is 0 Å². The molecule has 0 bridgehead atoms. The summed E-state index contributed by atoms with van der Waals surface area (Å²) in [5.74, 6) is 2.01. The van der Waals surface area contributed by atoms with Crippen molar-refractivity contribution >= 4 is 23.5 Å². The van der Waals surface area contributed by atoms with Crippen LogP contribution in [0.4, 0.5) is 5.82 Å². The lowest BCUT2D eigenvalue weighted by molar-refractivity contribution is -0.113. The molecule has 24 heavy (non-hydrogen) atoms. The number of hydrogen-bond donors (Lipinski definition) is 2. The Hall–Kier alpha value is -1.95.